The predicted octanol–water partition coefficient (Wildman–Crippen LogP) is 4.41. The first-order chi connectivity index (χ1) is 9.74. The second-order valence-electron chi connectivity index (χ2n) is 4.15. The quantitative estimate of drug-likeness (QED) is 0.762. The molecule has 0 fully saturated rings. The van der Waals surface area contributed by atoms with Gasteiger partial charge in [-0.2, -0.15) is 0 Å². The largest absolute Gasteiger partial charge is 0.316 e. The van der Waals surface area contributed by atoms with Crippen molar-refractivity contribution in [1.82, 2.24) is 15.0 Å². The third-order valence-electron chi connectivity index (χ3n) is 2.73. The lowest BCUT2D eigenvalue weighted by Gasteiger charge is -2.03. The summed E-state index contributed by atoms with van der Waals surface area (Å²) in [6.07, 6.45) is 3.52. The highest BCUT2D eigenvalue weighted by molar-refractivity contribution is 9.11. The fourth-order valence-electron chi connectivity index (χ4n) is 1.73. The molecule has 0 bridgehead atoms. The van der Waals surface area contributed by atoms with Gasteiger partial charge in [-0.1, -0.05) is 23.5 Å². The molecular formula is C14H11BrN4S. The molecule has 0 radical (unpaired) electrons. The Balaban J connectivity index is 1.92. The first kappa shape index (κ1) is 13.2. The number of aromatic nitrogens is 3. The van der Waals surface area contributed by atoms with Crippen LogP contribution in [0.15, 0.2) is 46.5 Å². The number of halogens is 1. The van der Waals surface area contributed by atoms with E-state index in [0.717, 1.165) is 31.7 Å². The highest BCUT2D eigenvalue weighted by atomic mass is 79.9. The second kappa shape index (κ2) is 5.68. The van der Waals surface area contributed by atoms with E-state index in [0.29, 0.717) is 0 Å². The minimum Gasteiger partial charge on any atom is -0.316 e. The first-order valence-electron chi connectivity index (χ1n) is 6.00. The van der Waals surface area contributed by atoms with E-state index in [1.807, 2.05) is 37.3 Å². The number of anilines is 2. The van der Waals surface area contributed by atoms with Crippen LogP contribution in [0.3, 0.4) is 0 Å². The third-order valence-corrected chi connectivity index (χ3v) is 4.35. The van der Waals surface area contributed by atoms with Crippen molar-refractivity contribution >= 4 is 38.2 Å². The van der Waals surface area contributed by atoms with Crippen molar-refractivity contribution in [3.8, 4) is 11.4 Å². The lowest BCUT2D eigenvalue weighted by atomic mass is 10.3. The van der Waals surface area contributed by atoms with Gasteiger partial charge in [-0.05, 0) is 46.6 Å². The van der Waals surface area contributed by atoms with Gasteiger partial charge in [-0.3, -0.25) is 4.98 Å². The molecule has 0 aromatic carbocycles. The molecule has 3 heterocycles. The number of hydrogen-bond donors (Lipinski definition) is 1. The maximum Gasteiger partial charge on any atom is 0.190 e. The van der Waals surface area contributed by atoms with Crippen LogP contribution in [0.5, 0.6) is 0 Å². The standard InChI is InChI=1S/C14H11BrN4S/c1-9-5-4-8-17-13(9)19-14-18-11(12(15)20-14)10-6-2-3-7-16-10/h2-8H,1H3,(H,17,18,19). The van der Waals surface area contributed by atoms with Crippen LogP contribution >= 0.6 is 27.3 Å². The van der Waals surface area contributed by atoms with Crippen LogP contribution in [0.2, 0.25) is 0 Å². The zero-order valence-corrected chi connectivity index (χ0v) is 13.1. The van der Waals surface area contributed by atoms with Gasteiger partial charge >= 0.3 is 0 Å². The summed E-state index contributed by atoms with van der Waals surface area (Å²) >= 11 is 5.07. The van der Waals surface area contributed by atoms with Gasteiger partial charge in [0.1, 0.15) is 15.3 Å². The summed E-state index contributed by atoms with van der Waals surface area (Å²) < 4.78 is 0.951. The third kappa shape index (κ3) is 2.71. The molecule has 0 aliphatic carbocycles. The Kier molecular flexibility index (Phi) is 3.75. The number of pyridine rings is 2. The number of nitrogens with one attached hydrogen (secondary N) is 1. The van der Waals surface area contributed by atoms with Crippen molar-refractivity contribution in [3.05, 3.63) is 52.1 Å². The molecule has 0 saturated carbocycles. The highest BCUT2D eigenvalue weighted by Gasteiger charge is 2.12. The Morgan fingerprint density at radius 2 is 1.95 bits per heavy atom. The molecule has 1 N–H and O–H groups in total. The minimum absolute atomic E-state index is 0.791. The zero-order valence-electron chi connectivity index (χ0n) is 10.7. The molecule has 0 saturated heterocycles. The molecule has 0 atom stereocenters. The van der Waals surface area contributed by atoms with Crippen LogP contribution in [-0.2, 0) is 0 Å². The molecule has 0 amide bonds. The van der Waals surface area contributed by atoms with E-state index in [2.05, 4.69) is 36.2 Å². The van der Waals surface area contributed by atoms with Gasteiger partial charge in [0.25, 0.3) is 0 Å². The molecular weight excluding hydrogens is 336 g/mol. The summed E-state index contributed by atoms with van der Waals surface area (Å²) in [5.74, 6) is 0.821. The molecule has 6 heteroatoms. The van der Waals surface area contributed by atoms with Crippen molar-refractivity contribution < 1.29 is 0 Å². The van der Waals surface area contributed by atoms with Gasteiger partial charge in [0.05, 0.1) is 5.69 Å². The summed E-state index contributed by atoms with van der Waals surface area (Å²) in [4.78, 5) is 13.2. The summed E-state index contributed by atoms with van der Waals surface area (Å²) in [6, 6.07) is 9.70. The summed E-state index contributed by atoms with van der Waals surface area (Å²) in [5.41, 5.74) is 2.77. The van der Waals surface area contributed by atoms with Crippen LogP contribution in [0.25, 0.3) is 11.4 Å². The molecule has 3 aromatic rings. The van der Waals surface area contributed by atoms with Crippen molar-refractivity contribution in [2.45, 2.75) is 6.92 Å². The molecule has 3 aromatic heterocycles. The molecule has 4 nitrogen and oxygen atoms in total. The smallest absolute Gasteiger partial charge is 0.190 e. The Hall–Kier alpha value is -1.79. The first-order valence-corrected chi connectivity index (χ1v) is 7.61. The molecule has 100 valence electrons. The molecule has 0 aliphatic rings. The Morgan fingerprint density at radius 3 is 2.70 bits per heavy atom. The van der Waals surface area contributed by atoms with Crippen molar-refractivity contribution in [3.63, 3.8) is 0 Å². The lowest BCUT2D eigenvalue weighted by molar-refractivity contribution is 1.23. The van der Waals surface area contributed by atoms with Gasteiger partial charge < -0.3 is 5.32 Å². The SMILES string of the molecule is Cc1cccnc1Nc1nc(-c2ccccn2)c(Br)s1. The predicted molar refractivity (Wildman–Crippen MR) is 85.3 cm³/mol. The summed E-state index contributed by atoms with van der Waals surface area (Å²) in [5, 5.41) is 4.03. The van der Waals surface area contributed by atoms with Crippen LogP contribution in [0.4, 0.5) is 10.9 Å². The fraction of sp³-hybridized carbons (Fsp3) is 0.0714. The van der Waals surface area contributed by atoms with E-state index < -0.39 is 0 Å². The van der Waals surface area contributed by atoms with E-state index in [1.54, 1.807) is 12.4 Å². The average Bonchev–Trinajstić information content (AvgIpc) is 2.83. The van der Waals surface area contributed by atoms with E-state index >= 15 is 0 Å². The maximum absolute atomic E-state index is 4.57. The van der Waals surface area contributed by atoms with Crippen LogP contribution in [-0.4, -0.2) is 15.0 Å². The Morgan fingerprint density at radius 1 is 1.10 bits per heavy atom. The van der Waals surface area contributed by atoms with Gasteiger partial charge in [0.2, 0.25) is 0 Å². The minimum atomic E-state index is 0.791. The van der Waals surface area contributed by atoms with Crippen molar-refractivity contribution in [2.75, 3.05) is 5.32 Å². The molecule has 0 aliphatic heterocycles. The Labute approximate surface area is 129 Å². The van der Waals surface area contributed by atoms with Gasteiger partial charge in [-0.15, -0.1) is 0 Å². The van der Waals surface area contributed by atoms with Crippen LogP contribution in [0.1, 0.15) is 5.56 Å². The molecule has 0 unspecified atom stereocenters. The van der Waals surface area contributed by atoms with E-state index in [4.69, 9.17) is 0 Å². The normalized spacial score (nSPS) is 10.5. The van der Waals surface area contributed by atoms with E-state index in [9.17, 15) is 0 Å². The van der Waals surface area contributed by atoms with Gasteiger partial charge in [0, 0.05) is 12.4 Å². The zero-order chi connectivity index (χ0) is 13.9. The van der Waals surface area contributed by atoms with E-state index in [-0.39, 0.29) is 0 Å². The Bertz CT molecular complexity index is 727. The number of aryl methyl sites for hydroxylation is 1. The summed E-state index contributed by atoms with van der Waals surface area (Å²) in [7, 11) is 0. The van der Waals surface area contributed by atoms with Crippen LogP contribution < -0.4 is 5.32 Å². The highest BCUT2D eigenvalue weighted by Crippen LogP contribution is 2.35. The molecule has 20 heavy (non-hydrogen) atoms. The number of thiazole rings is 1. The van der Waals surface area contributed by atoms with Gasteiger partial charge in [-0.25, -0.2) is 9.97 Å². The molecule has 3 rings (SSSR count). The average molecular weight is 347 g/mol. The fourth-order valence-corrected chi connectivity index (χ4v) is 3.19. The van der Waals surface area contributed by atoms with E-state index in [1.165, 1.54) is 11.3 Å². The summed E-state index contributed by atoms with van der Waals surface area (Å²) in [6.45, 7) is 2.01. The molecule has 0 spiro atoms. The number of rotatable bonds is 3. The number of nitrogens with zero attached hydrogens (tertiary/aromatic N) is 3. The monoisotopic (exact) mass is 346 g/mol. The van der Waals surface area contributed by atoms with Crippen LogP contribution in [0, 0.1) is 6.92 Å². The second-order valence-corrected chi connectivity index (χ2v) is 6.47. The van der Waals surface area contributed by atoms with Crippen molar-refractivity contribution in [2.24, 2.45) is 0 Å². The maximum atomic E-state index is 4.57. The van der Waals surface area contributed by atoms with Gasteiger partial charge in [0.15, 0.2) is 5.13 Å². The number of hydrogen-bond acceptors (Lipinski definition) is 5. The van der Waals surface area contributed by atoms with Crippen molar-refractivity contribution in [1.29, 1.82) is 0 Å². The lowest BCUT2D eigenvalue weighted by Crippen LogP contribution is -1.95. The topological polar surface area (TPSA) is 50.7 Å².